The minimum atomic E-state index is -0.828. The third kappa shape index (κ3) is 5.90. The molecule has 4 aromatic rings. The summed E-state index contributed by atoms with van der Waals surface area (Å²) in [6, 6.07) is 36.1. The van der Waals surface area contributed by atoms with Crippen molar-refractivity contribution in [1.29, 1.82) is 0 Å². The second-order valence-electron chi connectivity index (χ2n) is 11.0. The first-order valence-electron chi connectivity index (χ1n) is 14.6. The molecule has 0 spiro atoms. The molecule has 5 heteroatoms. The lowest BCUT2D eigenvalue weighted by Gasteiger charge is -2.45. The Bertz CT molecular complexity index is 1450. The van der Waals surface area contributed by atoms with E-state index in [1.165, 1.54) is 18.4 Å². The van der Waals surface area contributed by atoms with Gasteiger partial charge in [-0.1, -0.05) is 128 Å². The number of carbonyl (C=O) groups excluding carboxylic acids is 2. The Balaban J connectivity index is 1.41. The lowest BCUT2D eigenvalue weighted by molar-refractivity contribution is -0.173. The van der Waals surface area contributed by atoms with E-state index in [1.807, 2.05) is 97.1 Å². The van der Waals surface area contributed by atoms with Gasteiger partial charge < -0.3 is 9.47 Å². The lowest BCUT2D eigenvalue weighted by Crippen LogP contribution is -2.55. The molecular weight excluding hydrogens is 510 g/mol. The minimum Gasteiger partial charge on any atom is -0.453 e. The van der Waals surface area contributed by atoms with Crippen LogP contribution in [0.3, 0.4) is 0 Å². The van der Waals surface area contributed by atoms with Gasteiger partial charge in [-0.2, -0.15) is 0 Å². The molecule has 2 fully saturated rings. The molecule has 6 rings (SSSR count). The summed E-state index contributed by atoms with van der Waals surface area (Å²) in [5.74, 6) is 0.0650. The van der Waals surface area contributed by atoms with Gasteiger partial charge in [-0.25, -0.2) is 9.59 Å². The van der Waals surface area contributed by atoms with Crippen LogP contribution >= 0.6 is 0 Å². The Morgan fingerprint density at radius 3 is 2.02 bits per heavy atom. The minimum absolute atomic E-state index is 0.119. The van der Waals surface area contributed by atoms with Crippen molar-refractivity contribution >= 4 is 12.1 Å². The van der Waals surface area contributed by atoms with Crippen LogP contribution in [0.15, 0.2) is 115 Å². The summed E-state index contributed by atoms with van der Waals surface area (Å²) in [4.78, 5) is 29.7. The molecule has 1 aliphatic carbocycles. The van der Waals surface area contributed by atoms with Crippen molar-refractivity contribution in [3.8, 4) is 0 Å². The van der Waals surface area contributed by atoms with Gasteiger partial charge in [0.2, 0.25) is 0 Å². The summed E-state index contributed by atoms with van der Waals surface area (Å²) in [6.07, 6.45) is 3.92. The molecule has 0 unspecified atom stereocenters. The number of amides is 1. The van der Waals surface area contributed by atoms with Gasteiger partial charge in [-0.15, -0.1) is 0 Å². The van der Waals surface area contributed by atoms with Crippen molar-refractivity contribution in [1.82, 2.24) is 4.90 Å². The van der Waals surface area contributed by atoms with E-state index >= 15 is 0 Å². The Kier molecular flexibility index (Phi) is 8.13. The first kappa shape index (κ1) is 26.8. The van der Waals surface area contributed by atoms with E-state index in [2.05, 4.69) is 18.2 Å². The largest absolute Gasteiger partial charge is 0.453 e. The molecule has 41 heavy (non-hydrogen) atoms. The molecule has 0 radical (unpaired) electrons. The van der Waals surface area contributed by atoms with Gasteiger partial charge in [-0.3, -0.25) is 4.90 Å². The van der Waals surface area contributed by atoms with Crippen molar-refractivity contribution in [3.63, 3.8) is 0 Å². The average molecular weight is 546 g/mol. The number of nitrogens with zero attached hydrogens (tertiary/aromatic N) is 1. The topological polar surface area (TPSA) is 55.8 Å². The van der Waals surface area contributed by atoms with E-state index in [4.69, 9.17) is 9.47 Å². The van der Waals surface area contributed by atoms with E-state index in [-0.39, 0.29) is 6.61 Å². The van der Waals surface area contributed by atoms with E-state index in [9.17, 15) is 9.59 Å². The number of rotatable bonds is 7. The fraction of sp³-hybridized carbons (Fsp3) is 0.278. The van der Waals surface area contributed by atoms with Crippen LogP contribution < -0.4 is 0 Å². The van der Waals surface area contributed by atoms with Gasteiger partial charge in [0.15, 0.2) is 6.10 Å². The van der Waals surface area contributed by atoms with Crippen LogP contribution in [0.1, 0.15) is 71.6 Å². The summed E-state index contributed by atoms with van der Waals surface area (Å²) in [5, 5.41) is 0. The number of morpholine rings is 1. The van der Waals surface area contributed by atoms with E-state index < -0.39 is 30.3 Å². The highest BCUT2D eigenvalue weighted by atomic mass is 16.6. The maximum Gasteiger partial charge on any atom is 0.411 e. The molecule has 0 aromatic heterocycles. The number of cyclic esters (lactones) is 1. The van der Waals surface area contributed by atoms with Gasteiger partial charge in [0.05, 0.1) is 0 Å². The zero-order valence-corrected chi connectivity index (χ0v) is 23.1. The fourth-order valence-electron chi connectivity index (χ4n) is 6.38. The summed E-state index contributed by atoms with van der Waals surface area (Å²) >= 11 is 0. The quantitative estimate of drug-likeness (QED) is 0.221. The number of hydrogen-bond donors (Lipinski definition) is 0. The third-order valence-corrected chi connectivity index (χ3v) is 8.39. The van der Waals surface area contributed by atoms with Crippen LogP contribution in [0.25, 0.3) is 0 Å². The van der Waals surface area contributed by atoms with E-state index in [0.29, 0.717) is 12.3 Å². The molecule has 3 atom stereocenters. The van der Waals surface area contributed by atoms with Crippen molar-refractivity contribution in [2.45, 2.75) is 62.8 Å². The van der Waals surface area contributed by atoms with Gasteiger partial charge >= 0.3 is 12.1 Å². The van der Waals surface area contributed by atoms with Gasteiger partial charge in [0.1, 0.15) is 18.7 Å². The standard InChI is InChI=1S/C36H35NO4/c38-35-32(24-30-22-12-13-23-31(30)27-16-10-11-17-27)37(36(39)40-25-26-14-4-1-5-15-26)33(28-18-6-2-7-19-28)34(41-35)29-20-8-3-9-21-29/h1-9,12-15,18-23,27,32-34H,10-11,16-17,24-25H2/t32-,33-,34+/m0/s1. The highest BCUT2D eigenvalue weighted by molar-refractivity contribution is 5.84. The SMILES string of the molecule is O=C1O[C@H](c2ccccc2)[C@H](c2ccccc2)N(C(=O)OCc2ccccc2)[C@H]1Cc1ccccc1C1CCCC1. The zero-order chi connectivity index (χ0) is 28.0. The second kappa shape index (κ2) is 12.4. The van der Waals surface area contributed by atoms with Crippen molar-refractivity contribution < 1.29 is 19.1 Å². The molecule has 1 saturated heterocycles. The lowest BCUT2D eigenvalue weighted by atomic mass is 9.87. The van der Waals surface area contributed by atoms with Gasteiger partial charge in [0.25, 0.3) is 0 Å². The predicted molar refractivity (Wildman–Crippen MR) is 158 cm³/mol. The van der Waals surface area contributed by atoms with Gasteiger partial charge in [0, 0.05) is 6.42 Å². The summed E-state index contributed by atoms with van der Waals surface area (Å²) in [5.41, 5.74) is 4.98. The van der Waals surface area contributed by atoms with E-state index in [0.717, 1.165) is 35.1 Å². The zero-order valence-electron chi connectivity index (χ0n) is 23.1. The Morgan fingerprint density at radius 1 is 0.756 bits per heavy atom. The molecule has 4 aromatic carbocycles. The number of benzene rings is 4. The number of ether oxygens (including phenoxy) is 2. The average Bonchev–Trinajstić information content (AvgIpc) is 3.57. The number of carbonyl (C=O) groups is 2. The van der Waals surface area contributed by atoms with Crippen LogP contribution in [0.2, 0.25) is 0 Å². The molecule has 0 N–H and O–H groups in total. The van der Waals surface area contributed by atoms with Crippen LogP contribution in [-0.2, 0) is 27.3 Å². The Hall–Kier alpha value is -4.38. The molecule has 0 bridgehead atoms. The maximum absolute atomic E-state index is 14.1. The van der Waals surface area contributed by atoms with Crippen molar-refractivity contribution in [3.05, 3.63) is 143 Å². The second-order valence-corrected chi connectivity index (χ2v) is 11.0. The summed E-state index contributed by atoms with van der Waals surface area (Å²) in [6.45, 7) is 0.119. The molecule has 1 saturated carbocycles. The van der Waals surface area contributed by atoms with Crippen LogP contribution in [0.5, 0.6) is 0 Å². The molecule has 1 aliphatic heterocycles. The smallest absolute Gasteiger partial charge is 0.411 e. The van der Waals surface area contributed by atoms with Crippen LogP contribution in [0.4, 0.5) is 4.79 Å². The normalized spacial score (nSPS) is 20.9. The first-order chi connectivity index (χ1) is 20.2. The summed E-state index contributed by atoms with van der Waals surface area (Å²) < 4.78 is 12.2. The van der Waals surface area contributed by atoms with Crippen LogP contribution in [0, 0.1) is 0 Å². The van der Waals surface area contributed by atoms with Crippen LogP contribution in [-0.4, -0.2) is 23.0 Å². The maximum atomic E-state index is 14.1. The number of esters is 1. The monoisotopic (exact) mass is 545 g/mol. The first-order valence-corrected chi connectivity index (χ1v) is 14.6. The molecule has 208 valence electrons. The Labute approximate surface area is 241 Å². The highest BCUT2D eigenvalue weighted by Crippen LogP contribution is 2.44. The molecule has 1 heterocycles. The third-order valence-electron chi connectivity index (χ3n) is 8.39. The molecule has 2 aliphatic rings. The Morgan fingerprint density at radius 2 is 1.34 bits per heavy atom. The van der Waals surface area contributed by atoms with Gasteiger partial charge in [-0.05, 0) is 46.6 Å². The molecule has 1 amide bonds. The van der Waals surface area contributed by atoms with Crippen molar-refractivity contribution in [2.75, 3.05) is 0 Å². The number of hydrogen-bond acceptors (Lipinski definition) is 4. The predicted octanol–water partition coefficient (Wildman–Crippen LogP) is 7.93. The van der Waals surface area contributed by atoms with E-state index in [1.54, 1.807) is 4.90 Å². The molecular formula is C36H35NO4. The van der Waals surface area contributed by atoms with Crippen molar-refractivity contribution in [2.24, 2.45) is 0 Å². The fourth-order valence-corrected chi connectivity index (χ4v) is 6.38. The summed E-state index contributed by atoms with van der Waals surface area (Å²) in [7, 11) is 0. The highest BCUT2D eigenvalue weighted by Gasteiger charge is 2.48. The molecule has 5 nitrogen and oxygen atoms in total.